The second-order valence-electron chi connectivity index (χ2n) is 7.41. The van der Waals surface area contributed by atoms with Crippen molar-refractivity contribution in [3.63, 3.8) is 0 Å². The van der Waals surface area contributed by atoms with Crippen LogP contribution in [0.2, 0.25) is 0 Å². The number of carbonyl (C=O) groups is 2. The highest BCUT2D eigenvalue weighted by molar-refractivity contribution is 6.01. The molecule has 0 aliphatic rings. The van der Waals surface area contributed by atoms with E-state index in [1.165, 1.54) is 13.2 Å². The topological polar surface area (TPSA) is 77.5 Å². The van der Waals surface area contributed by atoms with Gasteiger partial charge in [0, 0.05) is 5.56 Å². The van der Waals surface area contributed by atoms with Crippen LogP contribution < -0.4 is 5.32 Å². The molecular formula is C22H21FN2O4. The van der Waals surface area contributed by atoms with Crippen molar-refractivity contribution in [2.45, 2.75) is 26.4 Å². The average Bonchev–Trinajstić information content (AvgIpc) is 2.66. The lowest BCUT2D eigenvalue weighted by molar-refractivity contribution is 0.0598. The lowest BCUT2D eigenvalue weighted by Crippen LogP contribution is -2.27. The van der Waals surface area contributed by atoms with Crippen LogP contribution in [0, 0.1) is 5.82 Å². The van der Waals surface area contributed by atoms with E-state index in [4.69, 9.17) is 9.47 Å². The fourth-order valence-corrected chi connectivity index (χ4v) is 2.85. The van der Waals surface area contributed by atoms with Gasteiger partial charge in [0.25, 0.3) is 0 Å². The number of esters is 1. The number of carbonyl (C=O) groups excluding carboxylic acids is 2. The summed E-state index contributed by atoms with van der Waals surface area (Å²) in [6.45, 7) is 5.17. The van der Waals surface area contributed by atoms with Gasteiger partial charge in [0.1, 0.15) is 5.60 Å². The number of ether oxygens (including phenoxy) is 2. The van der Waals surface area contributed by atoms with Gasteiger partial charge in [-0.25, -0.2) is 14.0 Å². The lowest BCUT2D eigenvalue weighted by Gasteiger charge is -2.20. The molecule has 0 saturated carbocycles. The predicted octanol–water partition coefficient (Wildman–Crippen LogP) is 5.17. The summed E-state index contributed by atoms with van der Waals surface area (Å²) in [6, 6.07) is 12.1. The van der Waals surface area contributed by atoms with Crippen LogP contribution in [0.4, 0.5) is 14.9 Å². The molecule has 1 N–H and O–H groups in total. The average molecular weight is 396 g/mol. The Bertz CT molecular complexity index is 1090. The molecule has 0 aliphatic carbocycles. The van der Waals surface area contributed by atoms with Gasteiger partial charge in [-0.1, -0.05) is 24.3 Å². The number of anilines is 1. The van der Waals surface area contributed by atoms with Crippen LogP contribution >= 0.6 is 0 Å². The Balaban J connectivity index is 1.99. The second kappa shape index (κ2) is 7.87. The fourth-order valence-electron chi connectivity index (χ4n) is 2.85. The van der Waals surface area contributed by atoms with Crippen molar-refractivity contribution in [3.05, 3.63) is 60.0 Å². The first-order chi connectivity index (χ1) is 13.7. The Labute approximate surface area is 167 Å². The summed E-state index contributed by atoms with van der Waals surface area (Å²) in [5, 5.41) is 4.04. The summed E-state index contributed by atoms with van der Waals surface area (Å²) in [6.07, 6.45) is 0.290. The first-order valence-electron chi connectivity index (χ1n) is 8.95. The van der Waals surface area contributed by atoms with E-state index in [9.17, 15) is 14.0 Å². The van der Waals surface area contributed by atoms with Gasteiger partial charge >= 0.3 is 12.1 Å². The minimum atomic E-state index is -0.755. The van der Waals surface area contributed by atoms with Crippen LogP contribution in [-0.4, -0.2) is 29.8 Å². The Kier molecular flexibility index (Phi) is 5.50. The summed E-state index contributed by atoms with van der Waals surface area (Å²) in [4.78, 5) is 27.9. The molecule has 1 heterocycles. The number of hydrogen-bond acceptors (Lipinski definition) is 5. The largest absolute Gasteiger partial charge is 0.465 e. The van der Waals surface area contributed by atoms with Crippen molar-refractivity contribution in [1.82, 2.24) is 4.98 Å². The van der Waals surface area contributed by atoms with E-state index in [0.29, 0.717) is 11.3 Å². The summed E-state index contributed by atoms with van der Waals surface area (Å²) in [7, 11) is 1.32. The first-order valence-corrected chi connectivity index (χ1v) is 8.95. The minimum absolute atomic E-state index is 0.0348. The monoisotopic (exact) mass is 396 g/mol. The standard InChI is InChI=1S/C22H21FN2O4/c1-22(2,3)29-21(27)25-19-11-18(24-12-17(19)23)16-7-5-6-13-10-14(20(26)28-4)8-9-15(13)16/h5-12H,1-4H3,(H,24,25,27). The van der Waals surface area contributed by atoms with Gasteiger partial charge in [0.15, 0.2) is 5.82 Å². The van der Waals surface area contributed by atoms with E-state index < -0.39 is 23.5 Å². The number of aromatic nitrogens is 1. The van der Waals surface area contributed by atoms with Crippen molar-refractivity contribution >= 4 is 28.5 Å². The van der Waals surface area contributed by atoms with E-state index in [1.54, 1.807) is 39.0 Å². The van der Waals surface area contributed by atoms with Crippen molar-refractivity contribution < 1.29 is 23.5 Å². The normalized spacial score (nSPS) is 11.2. The molecule has 1 aromatic heterocycles. The van der Waals surface area contributed by atoms with Crippen LogP contribution in [0.5, 0.6) is 0 Å². The van der Waals surface area contributed by atoms with Gasteiger partial charge in [-0.3, -0.25) is 10.3 Å². The molecule has 29 heavy (non-hydrogen) atoms. The zero-order valence-corrected chi connectivity index (χ0v) is 16.6. The number of halogens is 1. The maximum absolute atomic E-state index is 14.2. The number of amides is 1. The number of pyridine rings is 1. The zero-order valence-electron chi connectivity index (χ0n) is 16.6. The number of rotatable bonds is 3. The van der Waals surface area contributed by atoms with Gasteiger partial charge in [0.2, 0.25) is 0 Å². The van der Waals surface area contributed by atoms with Crippen LogP contribution in [0.15, 0.2) is 48.7 Å². The molecule has 1 amide bonds. The van der Waals surface area contributed by atoms with Crippen molar-refractivity contribution in [2.24, 2.45) is 0 Å². The maximum Gasteiger partial charge on any atom is 0.412 e. The highest BCUT2D eigenvalue weighted by Crippen LogP contribution is 2.30. The minimum Gasteiger partial charge on any atom is -0.465 e. The van der Waals surface area contributed by atoms with E-state index in [0.717, 1.165) is 22.5 Å². The van der Waals surface area contributed by atoms with Crippen LogP contribution in [0.25, 0.3) is 22.0 Å². The van der Waals surface area contributed by atoms with E-state index in [-0.39, 0.29) is 5.69 Å². The molecule has 150 valence electrons. The molecule has 0 fully saturated rings. The van der Waals surface area contributed by atoms with E-state index in [2.05, 4.69) is 10.3 Å². The number of methoxy groups -OCH3 is 1. The van der Waals surface area contributed by atoms with E-state index in [1.807, 2.05) is 18.2 Å². The van der Waals surface area contributed by atoms with Crippen molar-refractivity contribution in [2.75, 3.05) is 12.4 Å². The first kappa shape index (κ1) is 20.3. The summed E-state index contributed by atoms with van der Waals surface area (Å²) in [5.41, 5.74) is 0.882. The summed E-state index contributed by atoms with van der Waals surface area (Å²) in [5.74, 6) is -1.10. The molecular weight excluding hydrogens is 375 g/mol. The molecule has 7 heteroatoms. The highest BCUT2D eigenvalue weighted by atomic mass is 19.1. The van der Waals surface area contributed by atoms with Gasteiger partial charge < -0.3 is 9.47 Å². The Hall–Kier alpha value is -3.48. The number of benzene rings is 2. The molecule has 6 nitrogen and oxygen atoms in total. The molecule has 0 atom stereocenters. The Morgan fingerprint density at radius 3 is 2.55 bits per heavy atom. The fraction of sp³-hybridized carbons (Fsp3) is 0.227. The molecule has 0 unspecified atom stereocenters. The number of hydrogen-bond donors (Lipinski definition) is 1. The van der Waals surface area contributed by atoms with Crippen LogP contribution in [0.3, 0.4) is 0 Å². The van der Waals surface area contributed by atoms with Gasteiger partial charge in [0.05, 0.1) is 30.3 Å². The summed E-state index contributed by atoms with van der Waals surface area (Å²) < 4.78 is 24.1. The SMILES string of the molecule is COC(=O)c1ccc2c(-c3cc(NC(=O)OC(C)(C)C)c(F)cn3)cccc2c1. The third-order valence-corrected chi connectivity index (χ3v) is 4.07. The second-order valence-corrected chi connectivity index (χ2v) is 7.41. The van der Waals surface area contributed by atoms with Gasteiger partial charge in [-0.05, 0) is 49.7 Å². The molecule has 0 saturated heterocycles. The lowest BCUT2D eigenvalue weighted by atomic mass is 9.99. The zero-order chi connectivity index (χ0) is 21.2. The highest BCUT2D eigenvalue weighted by Gasteiger charge is 2.18. The van der Waals surface area contributed by atoms with E-state index >= 15 is 0 Å². The third kappa shape index (κ3) is 4.68. The molecule has 3 aromatic rings. The molecule has 3 rings (SSSR count). The van der Waals surface area contributed by atoms with Crippen LogP contribution in [0.1, 0.15) is 31.1 Å². The molecule has 0 radical (unpaired) electrons. The number of nitrogens with one attached hydrogen (secondary N) is 1. The molecule has 0 bridgehead atoms. The Morgan fingerprint density at radius 2 is 1.86 bits per heavy atom. The van der Waals surface area contributed by atoms with Crippen molar-refractivity contribution in [3.8, 4) is 11.3 Å². The van der Waals surface area contributed by atoms with Gasteiger partial charge in [-0.15, -0.1) is 0 Å². The van der Waals surface area contributed by atoms with Crippen molar-refractivity contribution in [1.29, 1.82) is 0 Å². The third-order valence-electron chi connectivity index (χ3n) is 4.07. The summed E-state index contributed by atoms with van der Waals surface area (Å²) >= 11 is 0. The molecule has 0 spiro atoms. The molecule has 0 aliphatic heterocycles. The predicted molar refractivity (Wildman–Crippen MR) is 108 cm³/mol. The van der Waals surface area contributed by atoms with Gasteiger partial charge in [-0.2, -0.15) is 0 Å². The number of nitrogens with zero attached hydrogens (tertiary/aromatic N) is 1. The maximum atomic E-state index is 14.2. The Morgan fingerprint density at radius 1 is 1.10 bits per heavy atom. The smallest absolute Gasteiger partial charge is 0.412 e. The number of fused-ring (bicyclic) bond motifs is 1. The quantitative estimate of drug-likeness (QED) is 0.618. The van der Waals surface area contributed by atoms with Crippen LogP contribution in [-0.2, 0) is 9.47 Å². The molecule has 2 aromatic carbocycles.